The van der Waals surface area contributed by atoms with E-state index in [1.165, 1.54) is 0 Å². The van der Waals surface area contributed by atoms with Gasteiger partial charge < -0.3 is 15.3 Å². The number of hydrogen-bond donors (Lipinski definition) is 3. The summed E-state index contributed by atoms with van der Waals surface area (Å²) in [5.74, 6) is 0.356. The van der Waals surface area contributed by atoms with Crippen molar-refractivity contribution in [2.75, 3.05) is 0 Å². The van der Waals surface area contributed by atoms with Gasteiger partial charge in [0.05, 0.1) is 0 Å². The first-order chi connectivity index (χ1) is 9.56. The van der Waals surface area contributed by atoms with Crippen molar-refractivity contribution in [1.29, 1.82) is 0 Å². The van der Waals surface area contributed by atoms with Gasteiger partial charge in [-0.25, -0.2) is 0 Å². The quantitative estimate of drug-likeness (QED) is 0.780. The van der Waals surface area contributed by atoms with E-state index in [-0.39, 0.29) is 11.5 Å². The molecule has 0 bridgehead atoms. The summed E-state index contributed by atoms with van der Waals surface area (Å²) >= 11 is 0. The first-order valence-corrected chi connectivity index (χ1v) is 6.87. The summed E-state index contributed by atoms with van der Waals surface area (Å²) < 4.78 is 0. The Morgan fingerprint density at radius 1 is 0.800 bits per heavy atom. The predicted octanol–water partition coefficient (Wildman–Crippen LogP) is 3.52. The van der Waals surface area contributed by atoms with E-state index in [0.29, 0.717) is 6.42 Å². The van der Waals surface area contributed by atoms with Crippen LogP contribution in [0.1, 0.15) is 37.3 Å². The van der Waals surface area contributed by atoms with Crippen molar-refractivity contribution >= 4 is 0 Å². The Morgan fingerprint density at radius 3 is 1.55 bits per heavy atom. The summed E-state index contributed by atoms with van der Waals surface area (Å²) in [7, 11) is 0. The predicted molar refractivity (Wildman–Crippen MR) is 78.7 cm³/mol. The van der Waals surface area contributed by atoms with Crippen LogP contribution in [0.15, 0.2) is 48.5 Å². The van der Waals surface area contributed by atoms with Crippen LogP contribution in [0.4, 0.5) is 0 Å². The number of rotatable bonds is 5. The van der Waals surface area contributed by atoms with Gasteiger partial charge in [-0.2, -0.15) is 0 Å². The fraction of sp³-hybridized carbons (Fsp3) is 0.294. The standard InChI is InChI=1S/C17H20O3/c1-2-3-12-17(20,13-4-8-15(18)9-5-13)14-6-10-16(19)11-7-14/h4-11,18-20H,2-3,12H2,1H3. The van der Waals surface area contributed by atoms with Crippen LogP contribution in [0, 0.1) is 0 Å². The van der Waals surface area contributed by atoms with Gasteiger partial charge >= 0.3 is 0 Å². The number of phenolic OH excluding ortho intramolecular Hbond substituents is 2. The van der Waals surface area contributed by atoms with Crippen molar-refractivity contribution in [1.82, 2.24) is 0 Å². The van der Waals surface area contributed by atoms with Crippen LogP contribution in [0.3, 0.4) is 0 Å². The second-order valence-corrected chi connectivity index (χ2v) is 5.06. The van der Waals surface area contributed by atoms with E-state index in [2.05, 4.69) is 6.92 Å². The van der Waals surface area contributed by atoms with Crippen LogP contribution in [0.2, 0.25) is 0 Å². The zero-order valence-corrected chi connectivity index (χ0v) is 11.6. The van der Waals surface area contributed by atoms with Crippen LogP contribution in [-0.2, 0) is 5.60 Å². The van der Waals surface area contributed by atoms with Crippen molar-refractivity contribution in [2.24, 2.45) is 0 Å². The maximum atomic E-state index is 11.1. The van der Waals surface area contributed by atoms with Gasteiger partial charge in [0, 0.05) is 0 Å². The maximum Gasteiger partial charge on any atom is 0.115 e. The first kappa shape index (κ1) is 14.4. The number of aromatic hydroxyl groups is 2. The molecule has 0 aliphatic carbocycles. The lowest BCUT2D eigenvalue weighted by atomic mass is 9.82. The van der Waals surface area contributed by atoms with E-state index in [4.69, 9.17) is 0 Å². The van der Waals surface area contributed by atoms with E-state index in [0.717, 1.165) is 24.0 Å². The van der Waals surface area contributed by atoms with Crippen LogP contribution in [-0.4, -0.2) is 15.3 Å². The summed E-state index contributed by atoms with van der Waals surface area (Å²) in [5.41, 5.74) is 0.390. The third-order valence-corrected chi connectivity index (χ3v) is 3.58. The molecule has 0 fully saturated rings. The SMILES string of the molecule is CCCCC(O)(c1ccc(O)cc1)c1ccc(O)cc1. The van der Waals surface area contributed by atoms with Crippen molar-refractivity contribution in [3.8, 4) is 11.5 Å². The summed E-state index contributed by atoms with van der Waals surface area (Å²) in [5, 5.41) is 29.9. The van der Waals surface area contributed by atoms with Gasteiger partial charge in [0.25, 0.3) is 0 Å². The minimum absolute atomic E-state index is 0.178. The van der Waals surface area contributed by atoms with Crippen LogP contribution in [0.25, 0.3) is 0 Å². The third-order valence-electron chi connectivity index (χ3n) is 3.58. The fourth-order valence-electron chi connectivity index (χ4n) is 2.36. The monoisotopic (exact) mass is 272 g/mol. The lowest BCUT2D eigenvalue weighted by molar-refractivity contribution is 0.0684. The molecule has 106 valence electrons. The van der Waals surface area contributed by atoms with Gasteiger partial charge in [-0.05, 0) is 41.8 Å². The van der Waals surface area contributed by atoms with E-state index in [1.54, 1.807) is 48.5 Å². The molecule has 2 aromatic rings. The Kier molecular flexibility index (Phi) is 4.30. The Balaban J connectivity index is 2.43. The largest absolute Gasteiger partial charge is 0.508 e. The van der Waals surface area contributed by atoms with Crippen molar-refractivity contribution in [2.45, 2.75) is 31.8 Å². The van der Waals surface area contributed by atoms with Gasteiger partial charge in [0.1, 0.15) is 17.1 Å². The van der Waals surface area contributed by atoms with Crippen LogP contribution < -0.4 is 0 Å². The third kappa shape index (κ3) is 2.94. The molecule has 0 aliphatic rings. The number of unbranched alkanes of at least 4 members (excludes halogenated alkanes) is 1. The molecule has 20 heavy (non-hydrogen) atoms. The highest BCUT2D eigenvalue weighted by atomic mass is 16.3. The summed E-state index contributed by atoms with van der Waals surface area (Å²) in [6.07, 6.45) is 2.47. The Labute approximate surface area is 119 Å². The molecule has 3 nitrogen and oxygen atoms in total. The molecule has 3 heteroatoms. The van der Waals surface area contributed by atoms with Crippen molar-refractivity contribution < 1.29 is 15.3 Å². The van der Waals surface area contributed by atoms with Gasteiger partial charge in [-0.3, -0.25) is 0 Å². The lowest BCUT2D eigenvalue weighted by Gasteiger charge is -2.29. The molecular weight excluding hydrogens is 252 g/mol. The minimum atomic E-state index is -1.10. The molecule has 0 atom stereocenters. The number of benzene rings is 2. The highest BCUT2D eigenvalue weighted by molar-refractivity contribution is 5.40. The average molecular weight is 272 g/mol. The van der Waals surface area contributed by atoms with E-state index in [1.807, 2.05) is 0 Å². The summed E-state index contributed by atoms with van der Waals surface area (Å²) in [6, 6.07) is 13.2. The molecule has 0 saturated carbocycles. The van der Waals surface area contributed by atoms with Crippen molar-refractivity contribution in [3.63, 3.8) is 0 Å². The second-order valence-electron chi connectivity index (χ2n) is 5.06. The number of hydrogen-bond acceptors (Lipinski definition) is 3. The maximum absolute atomic E-state index is 11.1. The molecule has 0 radical (unpaired) electrons. The fourth-order valence-corrected chi connectivity index (χ4v) is 2.36. The van der Waals surface area contributed by atoms with Crippen LogP contribution >= 0.6 is 0 Å². The van der Waals surface area contributed by atoms with Gasteiger partial charge in [-0.1, -0.05) is 44.0 Å². The van der Waals surface area contributed by atoms with Crippen LogP contribution in [0.5, 0.6) is 11.5 Å². The smallest absolute Gasteiger partial charge is 0.115 e. The number of aliphatic hydroxyl groups is 1. The molecule has 0 saturated heterocycles. The zero-order valence-electron chi connectivity index (χ0n) is 11.6. The molecule has 0 unspecified atom stereocenters. The molecule has 0 amide bonds. The van der Waals surface area contributed by atoms with E-state index < -0.39 is 5.60 Å². The molecule has 2 rings (SSSR count). The first-order valence-electron chi connectivity index (χ1n) is 6.87. The molecular formula is C17H20O3. The zero-order chi connectivity index (χ0) is 14.6. The highest BCUT2D eigenvalue weighted by Crippen LogP contribution is 2.35. The molecule has 2 aromatic carbocycles. The average Bonchev–Trinajstić information content (AvgIpc) is 2.46. The van der Waals surface area contributed by atoms with Gasteiger partial charge in [0.2, 0.25) is 0 Å². The Bertz CT molecular complexity index is 498. The summed E-state index contributed by atoms with van der Waals surface area (Å²) in [4.78, 5) is 0. The highest BCUT2D eigenvalue weighted by Gasteiger charge is 2.30. The molecule has 0 aromatic heterocycles. The van der Waals surface area contributed by atoms with E-state index >= 15 is 0 Å². The van der Waals surface area contributed by atoms with Crippen molar-refractivity contribution in [3.05, 3.63) is 59.7 Å². The van der Waals surface area contributed by atoms with E-state index in [9.17, 15) is 15.3 Å². The Morgan fingerprint density at radius 2 is 1.20 bits per heavy atom. The normalized spacial score (nSPS) is 11.5. The second kappa shape index (κ2) is 5.97. The lowest BCUT2D eigenvalue weighted by Crippen LogP contribution is -2.27. The Hall–Kier alpha value is -2.00. The minimum Gasteiger partial charge on any atom is -0.508 e. The molecule has 3 N–H and O–H groups in total. The topological polar surface area (TPSA) is 60.7 Å². The van der Waals surface area contributed by atoms with Gasteiger partial charge in [0.15, 0.2) is 0 Å². The summed E-state index contributed by atoms with van der Waals surface area (Å²) in [6.45, 7) is 2.08. The number of phenols is 2. The molecule has 0 heterocycles. The van der Waals surface area contributed by atoms with Gasteiger partial charge in [-0.15, -0.1) is 0 Å². The molecule has 0 spiro atoms. The molecule has 0 aliphatic heterocycles.